The van der Waals surface area contributed by atoms with Crippen LogP contribution in [0, 0.1) is 41.7 Å². The van der Waals surface area contributed by atoms with Crippen LogP contribution >= 0.6 is 0 Å². The molecule has 0 aliphatic carbocycles. The Balaban J connectivity index is 0. The molecule has 0 saturated heterocycles. The fourth-order valence-electron chi connectivity index (χ4n) is 0. The molecule has 0 heterocycles. The zero-order valence-electron chi connectivity index (χ0n) is 1.76. The van der Waals surface area contributed by atoms with Gasteiger partial charge < -0.3 is 11.0 Å². The number of hydrogen-bond donors (Lipinski definition) is 0. The molecule has 1 radical (unpaired) electrons. The van der Waals surface area contributed by atoms with Gasteiger partial charge in [-0.15, -0.1) is 0 Å². The monoisotopic (exact) mass is 301 g/mol. The summed E-state index contributed by atoms with van der Waals surface area (Å²) in [6.45, 7) is 0. The molecule has 0 saturated carbocycles. The zero-order chi connectivity index (χ0) is 0. The first-order chi connectivity index (χ1) is 0. The van der Waals surface area contributed by atoms with Gasteiger partial charge in [0, 0.05) is 0 Å². The van der Waals surface area contributed by atoms with Crippen molar-refractivity contribution in [2.45, 2.75) is 0 Å². The maximum Gasteiger partial charge on any atom is 3.00 e. The first-order valence-corrected chi connectivity index (χ1v) is 0. The van der Waals surface area contributed by atoms with Crippen molar-refractivity contribution < 1.29 is 76.7 Å². The summed E-state index contributed by atoms with van der Waals surface area (Å²) in [6.07, 6.45) is 0. The van der Waals surface area contributed by atoms with Crippen molar-refractivity contribution in [1.29, 1.82) is 0 Å². The second-order valence-electron chi connectivity index (χ2n) is 0. The molecule has 0 fully saturated rings. The van der Waals surface area contributed by atoms with Gasteiger partial charge in [0.25, 0.3) is 0 Å². The molecule has 4 heteroatoms. The van der Waals surface area contributed by atoms with Crippen LogP contribution in [-0.4, -0.2) is 0 Å². The fraction of sp³-hybridized carbons (Fsp3) is 0. The maximum atomic E-state index is 0. The molecule has 0 amide bonds. The molecule has 0 bridgehead atoms. The van der Waals surface area contributed by atoms with E-state index in [0.29, 0.717) is 0 Å². The van der Waals surface area contributed by atoms with Crippen LogP contribution in [0.4, 0.5) is 0 Å². The third-order valence-electron chi connectivity index (χ3n) is 0. The van der Waals surface area contributed by atoms with Crippen molar-refractivity contribution in [2.75, 3.05) is 0 Å². The summed E-state index contributed by atoms with van der Waals surface area (Å²) in [7, 11) is 0. The van der Waals surface area contributed by atoms with Crippen molar-refractivity contribution in [3.63, 3.8) is 0 Å². The van der Waals surface area contributed by atoms with E-state index in [0.717, 1.165) is 0 Å². The molecule has 0 N–H and O–H groups in total. The van der Waals surface area contributed by atoms with Crippen LogP contribution in [0.15, 0.2) is 0 Å². The fourth-order valence-corrected chi connectivity index (χ4v) is 0. The molecular weight excluding hydrogens is 299 g/mol. The largest absolute Gasteiger partial charge is 3.00 e. The van der Waals surface area contributed by atoms with E-state index in [1.807, 2.05) is 0 Å². The predicted octanol–water partition coefficient (Wildman–Crippen LogP) is -3.77. The SMILES string of the molecule is [Ce+3].[IH2+].[O-2].[O-2]. The molecule has 4 heavy (non-hydrogen) atoms. The number of hydrogen-bond acceptors (Lipinski definition) is 0. The third-order valence-corrected chi connectivity index (χ3v) is 0. The summed E-state index contributed by atoms with van der Waals surface area (Å²) < 4.78 is 0. The quantitative estimate of drug-likeness (QED) is 0.413. The van der Waals surface area contributed by atoms with Crippen LogP contribution in [0.25, 0.3) is 0 Å². The molecule has 0 unspecified atom stereocenters. The molecule has 2 nitrogen and oxygen atoms in total. The van der Waals surface area contributed by atoms with E-state index in [1.165, 1.54) is 0 Å². The van der Waals surface area contributed by atoms with Crippen LogP contribution in [0.5, 0.6) is 0 Å². The Morgan fingerprint density at radius 2 is 0.750 bits per heavy atom. The topological polar surface area (TPSA) is 57.0 Å². The van der Waals surface area contributed by atoms with Gasteiger partial charge in [0.2, 0.25) is 24.0 Å². The summed E-state index contributed by atoms with van der Waals surface area (Å²) in [6, 6.07) is 0. The van der Waals surface area contributed by atoms with Crippen molar-refractivity contribution in [3.8, 4) is 0 Å². The molecule has 0 aliphatic rings. The minimum absolute atomic E-state index is 0. The molecule has 0 aromatic heterocycles. The van der Waals surface area contributed by atoms with Gasteiger partial charge in [-0.3, -0.25) is 0 Å². The molecular formula is H2CeIO2. The van der Waals surface area contributed by atoms with Gasteiger partial charge in [-0.05, 0) is 0 Å². The van der Waals surface area contributed by atoms with Crippen molar-refractivity contribution in [2.24, 2.45) is 0 Å². The van der Waals surface area contributed by atoms with Crippen LogP contribution in [0.3, 0.4) is 0 Å². The van der Waals surface area contributed by atoms with Crippen LogP contribution in [-0.2, 0) is 11.0 Å². The first-order valence-electron chi connectivity index (χ1n) is 0. The molecule has 0 aromatic rings. The molecule has 0 aliphatic heterocycles. The molecule has 0 spiro atoms. The Hall–Kier alpha value is 2.03. The average Bonchev–Trinajstić information content (AvgIpc) is 0. The minimum atomic E-state index is 0. The number of rotatable bonds is 0. The van der Waals surface area contributed by atoms with Gasteiger partial charge in [0.1, 0.15) is 0 Å². The van der Waals surface area contributed by atoms with Crippen molar-refractivity contribution in [1.82, 2.24) is 0 Å². The minimum Gasteiger partial charge on any atom is -2.00 e. The van der Waals surface area contributed by atoms with Crippen LogP contribution in [0.1, 0.15) is 0 Å². The van der Waals surface area contributed by atoms with Crippen LogP contribution in [0.2, 0.25) is 0 Å². The second-order valence-corrected chi connectivity index (χ2v) is 0. The summed E-state index contributed by atoms with van der Waals surface area (Å²) >= 11 is 0. The van der Waals surface area contributed by atoms with E-state index in [9.17, 15) is 0 Å². The summed E-state index contributed by atoms with van der Waals surface area (Å²) in [5, 5.41) is 0. The Bertz CT molecular complexity index is 6.00. The van der Waals surface area contributed by atoms with E-state index < -0.39 is 0 Å². The van der Waals surface area contributed by atoms with E-state index >= 15 is 0 Å². The zero-order valence-corrected chi connectivity index (χ0v) is 7.46. The van der Waals surface area contributed by atoms with E-state index in [1.54, 1.807) is 0 Å². The van der Waals surface area contributed by atoms with E-state index in [-0.39, 0.29) is 76.7 Å². The number of halogens is 1. The van der Waals surface area contributed by atoms with Gasteiger partial charge in [0.15, 0.2) is 0 Å². The van der Waals surface area contributed by atoms with Gasteiger partial charge in [0.05, 0.1) is 0 Å². The summed E-state index contributed by atoms with van der Waals surface area (Å²) in [4.78, 5) is 0. The molecule has 0 atom stereocenters. The van der Waals surface area contributed by atoms with Gasteiger partial charge >= 0.3 is 41.7 Å². The summed E-state index contributed by atoms with van der Waals surface area (Å²) in [5.41, 5.74) is 0. The summed E-state index contributed by atoms with van der Waals surface area (Å²) in [5.74, 6) is 0. The van der Waals surface area contributed by atoms with E-state index in [4.69, 9.17) is 0 Å². The first kappa shape index (κ1) is 37.1. The van der Waals surface area contributed by atoms with E-state index in [2.05, 4.69) is 0 Å². The average molecular weight is 301 g/mol. The van der Waals surface area contributed by atoms with Crippen molar-refractivity contribution >= 4 is 0 Å². The maximum absolute atomic E-state index is 0. The van der Waals surface area contributed by atoms with Gasteiger partial charge in [-0.1, -0.05) is 0 Å². The molecule has 0 aromatic carbocycles. The Morgan fingerprint density at radius 3 is 0.750 bits per heavy atom. The second kappa shape index (κ2) is 19.8. The Labute approximate surface area is 75.4 Å². The van der Waals surface area contributed by atoms with Crippen LogP contribution < -0.4 is 24.0 Å². The third kappa shape index (κ3) is 8.98. The van der Waals surface area contributed by atoms with Gasteiger partial charge in [-0.25, -0.2) is 0 Å². The van der Waals surface area contributed by atoms with Gasteiger partial charge in [-0.2, -0.15) is 0 Å². The molecule has 25 valence electrons. The Morgan fingerprint density at radius 1 is 0.750 bits per heavy atom. The predicted molar refractivity (Wildman–Crippen MR) is 4.16 cm³/mol. The Kier molecular flexibility index (Phi) is 184. The smallest absolute Gasteiger partial charge is 2.00 e. The standard InChI is InChI=1S/Ce.H2I.2O/h;1H2;;/q+3;+1;2*-2. The normalized spacial score (nSPS) is 0. The molecule has 0 rings (SSSR count). The van der Waals surface area contributed by atoms with Crippen molar-refractivity contribution in [3.05, 3.63) is 0 Å².